The van der Waals surface area contributed by atoms with Crippen LogP contribution in [0.25, 0.3) is 10.9 Å². The predicted octanol–water partition coefficient (Wildman–Crippen LogP) is 1.30. The summed E-state index contributed by atoms with van der Waals surface area (Å²) in [6.07, 6.45) is 0.335. The van der Waals surface area contributed by atoms with E-state index in [9.17, 15) is 14.4 Å². The van der Waals surface area contributed by atoms with Crippen molar-refractivity contribution in [1.82, 2.24) is 20.3 Å². The van der Waals surface area contributed by atoms with E-state index in [-0.39, 0.29) is 31.2 Å². The summed E-state index contributed by atoms with van der Waals surface area (Å²) < 4.78 is 17.7. The molecular weight excluding hydrogens is 504 g/mol. The number of carbonyl (C=O) groups excluding carboxylic acids is 2. The molecule has 1 aromatic heterocycles. The van der Waals surface area contributed by atoms with Crippen molar-refractivity contribution in [2.24, 2.45) is 0 Å². The zero-order valence-electron chi connectivity index (χ0n) is 20.1. The maximum Gasteiger partial charge on any atom is 0.280 e. The van der Waals surface area contributed by atoms with Crippen LogP contribution in [0.4, 0.5) is 11.4 Å². The van der Waals surface area contributed by atoms with Gasteiger partial charge in [0.1, 0.15) is 23.9 Å². The SMILES string of the molecule is Cl.Nc1cccc(OCCOCCOCCNc2cccc3nnn(C4CCC(=O)NC4=O)c(=O)c23)c1. The third-order valence-corrected chi connectivity index (χ3v) is 5.51. The topological polar surface area (TPSA) is 160 Å². The van der Waals surface area contributed by atoms with Gasteiger partial charge in [0, 0.05) is 30.4 Å². The summed E-state index contributed by atoms with van der Waals surface area (Å²) in [5, 5.41) is 13.7. The first kappa shape index (κ1) is 27.8. The van der Waals surface area contributed by atoms with Crippen LogP contribution >= 0.6 is 12.4 Å². The first-order chi connectivity index (χ1) is 17.5. The lowest BCUT2D eigenvalue weighted by Crippen LogP contribution is -2.45. The molecule has 2 amide bonds. The number of nitrogens with two attached hydrogens (primary N) is 1. The van der Waals surface area contributed by atoms with Gasteiger partial charge in [0.2, 0.25) is 5.91 Å². The Morgan fingerprint density at radius 3 is 2.57 bits per heavy atom. The molecular formula is C24H29ClN6O6. The van der Waals surface area contributed by atoms with Gasteiger partial charge in [0.15, 0.2) is 0 Å². The highest BCUT2D eigenvalue weighted by Crippen LogP contribution is 2.20. The number of nitrogen functional groups attached to an aromatic ring is 1. The Labute approximate surface area is 218 Å². The minimum absolute atomic E-state index is 0. The molecule has 2 aromatic carbocycles. The van der Waals surface area contributed by atoms with Gasteiger partial charge < -0.3 is 25.3 Å². The Balaban J connectivity index is 0.00000380. The fourth-order valence-corrected chi connectivity index (χ4v) is 3.77. The van der Waals surface area contributed by atoms with Gasteiger partial charge in [-0.1, -0.05) is 17.3 Å². The number of aromatic nitrogens is 3. The number of hydrogen-bond donors (Lipinski definition) is 3. The lowest BCUT2D eigenvalue weighted by Gasteiger charge is -2.21. The van der Waals surface area contributed by atoms with Crippen LogP contribution in [0, 0.1) is 0 Å². The zero-order valence-corrected chi connectivity index (χ0v) is 20.9. The van der Waals surface area contributed by atoms with Crippen molar-refractivity contribution in [3.8, 4) is 5.75 Å². The van der Waals surface area contributed by atoms with Crippen molar-refractivity contribution < 1.29 is 23.8 Å². The fourth-order valence-electron chi connectivity index (χ4n) is 3.77. The molecule has 2 heterocycles. The number of benzene rings is 2. The van der Waals surface area contributed by atoms with Gasteiger partial charge in [-0.3, -0.25) is 19.7 Å². The molecule has 12 nitrogen and oxygen atoms in total. The summed E-state index contributed by atoms with van der Waals surface area (Å²) in [7, 11) is 0. The second-order valence-corrected chi connectivity index (χ2v) is 8.08. The number of hydrogen-bond acceptors (Lipinski definition) is 10. The Hall–Kier alpha value is -3.74. The van der Waals surface area contributed by atoms with Gasteiger partial charge in [-0.25, -0.2) is 0 Å². The van der Waals surface area contributed by atoms with E-state index >= 15 is 0 Å². The molecule has 198 valence electrons. The molecule has 0 radical (unpaired) electrons. The third kappa shape index (κ3) is 7.38. The number of fused-ring (bicyclic) bond motifs is 1. The van der Waals surface area contributed by atoms with Crippen molar-refractivity contribution >= 4 is 46.5 Å². The van der Waals surface area contributed by atoms with Gasteiger partial charge >= 0.3 is 0 Å². The molecule has 0 saturated carbocycles. The van der Waals surface area contributed by atoms with Crippen molar-refractivity contribution in [2.45, 2.75) is 18.9 Å². The first-order valence-electron chi connectivity index (χ1n) is 11.6. The number of nitrogens with zero attached hydrogens (tertiary/aromatic N) is 3. The Bertz CT molecular complexity index is 1290. The minimum Gasteiger partial charge on any atom is -0.491 e. The maximum absolute atomic E-state index is 13.1. The van der Waals surface area contributed by atoms with Crippen LogP contribution in [-0.4, -0.2) is 66.4 Å². The fraction of sp³-hybridized carbons (Fsp3) is 0.375. The Morgan fingerprint density at radius 2 is 1.78 bits per heavy atom. The van der Waals surface area contributed by atoms with Crippen LogP contribution in [-0.2, 0) is 19.1 Å². The third-order valence-electron chi connectivity index (χ3n) is 5.51. The number of anilines is 2. The average molecular weight is 533 g/mol. The van der Waals surface area contributed by atoms with Crippen LogP contribution < -0.4 is 26.7 Å². The quantitative estimate of drug-likeness (QED) is 0.176. The molecule has 1 atom stereocenters. The minimum atomic E-state index is -0.875. The number of ether oxygens (including phenoxy) is 3. The smallest absolute Gasteiger partial charge is 0.280 e. The molecule has 4 N–H and O–H groups in total. The molecule has 13 heteroatoms. The summed E-state index contributed by atoms with van der Waals surface area (Å²) in [5.74, 6) is -0.222. The summed E-state index contributed by atoms with van der Waals surface area (Å²) in [4.78, 5) is 36.8. The monoisotopic (exact) mass is 532 g/mol. The summed E-state index contributed by atoms with van der Waals surface area (Å²) in [6.45, 7) is 2.49. The second kappa shape index (κ2) is 13.5. The van der Waals surface area contributed by atoms with Gasteiger partial charge in [0.05, 0.1) is 31.8 Å². The van der Waals surface area contributed by atoms with Gasteiger partial charge in [-0.05, 0) is 30.7 Å². The molecule has 1 saturated heterocycles. The lowest BCUT2D eigenvalue weighted by molar-refractivity contribution is -0.136. The number of nitrogens with one attached hydrogen (secondary N) is 2. The van der Waals surface area contributed by atoms with E-state index in [0.29, 0.717) is 67.6 Å². The van der Waals surface area contributed by atoms with Crippen LogP contribution in [0.1, 0.15) is 18.9 Å². The van der Waals surface area contributed by atoms with Crippen LogP contribution in [0.2, 0.25) is 0 Å². The van der Waals surface area contributed by atoms with E-state index in [1.165, 1.54) is 0 Å². The molecule has 1 fully saturated rings. The molecule has 1 unspecified atom stereocenters. The summed E-state index contributed by atoms with van der Waals surface area (Å²) >= 11 is 0. The molecule has 4 rings (SSSR count). The van der Waals surface area contributed by atoms with Crippen molar-refractivity contribution in [2.75, 3.05) is 50.6 Å². The number of imide groups is 1. The van der Waals surface area contributed by atoms with Crippen LogP contribution in [0.5, 0.6) is 5.75 Å². The number of amides is 2. The van der Waals surface area contributed by atoms with E-state index in [0.717, 1.165) is 4.68 Å². The summed E-state index contributed by atoms with van der Waals surface area (Å²) in [5.41, 5.74) is 6.87. The standard InChI is InChI=1S/C24H28N6O6.ClH/c25-16-3-1-4-17(15-16)36-14-13-35-12-11-34-10-9-26-18-5-2-6-19-22(18)24(33)30(29-28-19)20-7-8-21(31)27-23(20)32;/h1-6,15,20,26H,7-14,25H2,(H,27,31,32);1H. The van der Waals surface area contributed by atoms with Crippen LogP contribution in [0.3, 0.4) is 0 Å². The Kier molecular flexibility index (Phi) is 10.2. The zero-order chi connectivity index (χ0) is 25.3. The van der Waals surface area contributed by atoms with Crippen LogP contribution in [0.15, 0.2) is 47.3 Å². The highest BCUT2D eigenvalue weighted by atomic mass is 35.5. The molecule has 0 spiro atoms. The molecule has 0 aliphatic carbocycles. The number of rotatable bonds is 12. The number of carbonyl (C=O) groups is 2. The largest absolute Gasteiger partial charge is 0.491 e. The normalized spacial score (nSPS) is 15.2. The summed E-state index contributed by atoms with van der Waals surface area (Å²) in [6, 6.07) is 11.5. The maximum atomic E-state index is 13.1. The predicted molar refractivity (Wildman–Crippen MR) is 139 cm³/mol. The van der Waals surface area contributed by atoms with Crippen molar-refractivity contribution in [3.05, 3.63) is 52.8 Å². The van der Waals surface area contributed by atoms with Crippen molar-refractivity contribution in [3.63, 3.8) is 0 Å². The number of piperidine rings is 1. The van der Waals surface area contributed by atoms with Gasteiger partial charge in [0.25, 0.3) is 11.5 Å². The molecule has 37 heavy (non-hydrogen) atoms. The molecule has 1 aliphatic rings. The lowest BCUT2D eigenvalue weighted by atomic mass is 10.1. The first-order valence-corrected chi connectivity index (χ1v) is 11.6. The van der Waals surface area contributed by atoms with Crippen molar-refractivity contribution in [1.29, 1.82) is 0 Å². The Morgan fingerprint density at radius 1 is 1.03 bits per heavy atom. The van der Waals surface area contributed by atoms with E-state index in [2.05, 4.69) is 20.9 Å². The highest BCUT2D eigenvalue weighted by Gasteiger charge is 2.30. The molecule has 3 aromatic rings. The van der Waals surface area contributed by atoms with Gasteiger partial charge in [-0.15, -0.1) is 17.5 Å². The molecule has 1 aliphatic heterocycles. The second-order valence-electron chi connectivity index (χ2n) is 8.08. The van der Waals surface area contributed by atoms with E-state index in [4.69, 9.17) is 19.9 Å². The molecule has 0 bridgehead atoms. The van der Waals surface area contributed by atoms with Gasteiger partial charge in [-0.2, -0.15) is 4.68 Å². The van der Waals surface area contributed by atoms with E-state index in [1.54, 1.807) is 30.3 Å². The highest BCUT2D eigenvalue weighted by molar-refractivity contribution is 5.99. The van der Waals surface area contributed by atoms with E-state index in [1.807, 2.05) is 12.1 Å². The van der Waals surface area contributed by atoms with E-state index < -0.39 is 17.5 Å². The average Bonchev–Trinajstić information content (AvgIpc) is 2.86. The number of halogens is 1.